The van der Waals surface area contributed by atoms with Crippen molar-refractivity contribution < 1.29 is 14.8 Å². The van der Waals surface area contributed by atoms with E-state index in [0.717, 1.165) is 5.56 Å². The molecule has 2 rings (SSSR count). The quantitative estimate of drug-likeness (QED) is 0.528. The number of nitro benzene ring substituents is 1. The monoisotopic (exact) mass is 343 g/mol. The van der Waals surface area contributed by atoms with E-state index >= 15 is 0 Å². The SMILES string of the molecule is Cc1c(NC(=O)N[C@@H](CCCO)c2ccccc2)cccc1[N+](=O)[O-]. The van der Waals surface area contributed by atoms with Crippen LogP contribution in [0.3, 0.4) is 0 Å². The Bertz CT molecular complexity index is 734. The Morgan fingerprint density at radius 2 is 1.92 bits per heavy atom. The summed E-state index contributed by atoms with van der Waals surface area (Å²) in [5.74, 6) is 0. The second-order valence-electron chi connectivity index (χ2n) is 5.63. The maximum Gasteiger partial charge on any atom is 0.319 e. The van der Waals surface area contributed by atoms with Gasteiger partial charge in [0, 0.05) is 12.7 Å². The summed E-state index contributed by atoms with van der Waals surface area (Å²) in [6.07, 6.45) is 1.14. The van der Waals surface area contributed by atoms with Crippen LogP contribution in [-0.2, 0) is 0 Å². The third-order valence-electron chi connectivity index (χ3n) is 3.91. The van der Waals surface area contributed by atoms with Crippen LogP contribution in [0.25, 0.3) is 0 Å². The van der Waals surface area contributed by atoms with Crippen LogP contribution in [-0.4, -0.2) is 22.7 Å². The van der Waals surface area contributed by atoms with Crippen LogP contribution in [0.15, 0.2) is 48.5 Å². The molecule has 0 unspecified atom stereocenters. The molecule has 0 bridgehead atoms. The van der Waals surface area contributed by atoms with Gasteiger partial charge in [-0.25, -0.2) is 4.79 Å². The van der Waals surface area contributed by atoms with Crippen LogP contribution in [0.4, 0.5) is 16.2 Å². The van der Waals surface area contributed by atoms with Crippen molar-refractivity contribution >= 4 is 17.4 Å². The Morgan fingerprint density at radius 3 is 2.56 bits per heavy atom. The lowest BCUT2D eigenvalue weighted by atomic mass is 10.0. The van der Waals surface area contributed by atoms with E-state index in [0.29, 0.717) is 24.1 Å². The maximum atomic E-state index is 12.3. The smallest absolute Gasteiger partial charge is 0.319 e. The molecule has 0 heterocycles. The molecule has 0 aliphatic heterocycles. The van der Waals surface area contributed by atoms with E-state index in [1.54, 1.807) is 13.0 Å². The summed E-state index contributed by atoms with van der Waals surface area (Å²) >= 11 is 0. The first-order valence-corrected chi connectivity index (χ1v) is 8.00. The van der Waals surface area contributed by atoms with Crippen LogP contribution in [0.2, 0.25) is 0 Å². The number of aliphatic hydroxyl groups is 1. The third kappa shape index (κ3) is 5.02. The number of rotatable bonds is 7. The second-order valence-corrected chi connectivity index (χ2v) is 5.63. The lowest BCUT2D eigenvalue weighted by molar-refractivity contribution is -0.385. The summed E-state index contributed by atoms with van der Waals surface area (Å²) in [6.45, 7) is 1.63. The minimum atomic E-state index is -0.480. The van der Waals surface area contributed by atoms with Crippen molar-refractivity contribution in [2.45, 2.75) is 25.8 Å². The van der Waals surface area contributed by atoms with Gasteiger partial charge in [-0.1, -0.05) is 36.4 Å². The van der Waals surface area contributed by atoms with Crippen molar-refractivity contribution in [2.75, 3.05) is 11.9 Å². The zero-order chi connectivity index (χ0) is 18.2. The molecule has 0 fully saturated rings. The summed E-state index contributed by atoms with van der Waals surface area (Å²) in [5, 5.41) is 25.6. The van der Waals surface area contributed by atoms with Gasteiger partial charge in [0.1, 0.15) is 0 Å². The number of carbonyl (C=O) groups excluding carboxylic acids is 1. The minimum absolute atomic E-state index is 0.0383. The van der Waals surface area contributed by atoms with E-state index in [9.17, 15) is 14.9 Å². The maximum absolute atomic E-state index is 12.3. The van der Waals surface area contributed by atoms with Gasteiger partial charge in [0.25, 0.3) is 5.69 Å². The third-order valence-corrected chi connectivity index (χ3v) is 3.91. The Hall–Kier alpha value is -2.93. The van der Waals surface area contributed by atoms with Gasteiger partial charge in [-0.15, -0.1) is 0 Å². The molecule has 0 spiro atoms. The molecule has 0 aliphatic rings. The first-order valence-electron chi connectivity index (χ1n) is 8.00. The lowest BCUT2D eigenvalue weighted by Crippen LogP contribution is -2.33. The molecule has 0 saturated carbocycles. The van der Waals surface area contributed by atoms with E-state index in [1.165, 1.54) is 12.1 Å². The summed E-state index contributed by atoms with van der Waals surface area (Å²) in [5.41, 5.74) is 1.68. The van der Waals surface area contributed by atoms with Crippen LogP contribution >= 0.6 is 0 Å². The average Bonchev–Trinajstić information content (AvgIpc) is 2.61. The van der Waals surface area contributed by atoms with E-state index in [2.05, 4.69) is 10.6 Å². The van der Waals surface area contributed by atoms with Crippen LogP contribution in [0.5, 0.6) is 0 Å². The number of carbonyl (C=O) groups is 1. The Kier molecular flexibility index (Phi) is 6.47. The highest BCUT2D eigenvalue weighted by atomic mass is 16.6. The molecule has 7 heteroatoms. The second kappa shape index (κ2) is 8.79. The molecule has 0 aromatic heterocycles. The molecule has 7 nitrogen and oxygen atoms in total. The predicted molar refractivity (Wildman–Crippen MR) is 95.5 cm³/mol. The number of amides is 2. The molecular formula is C18H21N3O4. The number of nitro groups is 1. The zero-order valence-electron chi connectivity index (χ0n) is 13.9. The van der Waals surface area contributed by atoms with Gasteiger partial charge in [-0.2, -0.15) is 0 Å². The van der Waals surface area contributed by atoms with E-state index in [1.807, 2.05) is 30.3 Å². The molecule has 1 atom stereocenters. The molecule has 2 aromatic carbocycles. The van der Waals surface area contributed by atoms with E-state index in [4.69, 9.17) is 5.11 Å². The van der Waals surface area contributed by atoms with Crippen molar-refractivity contribution in [3.8, 4) is 0 Å². The Balaban J connectivity index is 2.11. The highest BCUT2D eigenvalue weighted by Crippen LogP contribution is 2.25. The van der Waals surface area contributed by atoms with Gasteiger partial charge in [-0.05, 0) is 31.4 Å². The standard InChI is InChI=1S/C18H21N3O4/c1-13-15(9-5-11-17(13)21(24)25)19-18(23)20-16(10-6-12-22)14-7-3-2-4-8-14/h2-5,7-9,11,16,22H,6,10,12H2,1H3,(H2,19,20,23)/t16-/m0/s1. The molecule has 132 valence electrons. The number of benzene rings is 2. The highest BCUT2D eigenvalue weighted by Gasteiger charge is 2.17. The first kappa shape index (κ1) is 18.4. The largest absolute Gasteiger partial charge is 0.396 e. The number of aliphatic hydroxyl groups excluding tert-OH is 1. The van der Waals surface area contributed by atoms with Crippen LogP contribution in [0.1, 0.15) is 30.0 Å². The lowest BCUT2D eigenvalue weighted by Gasteiger charge is -2.19. The molecular weight excluding hydrogens is 322 g/mol. The van der Waals surface area contributed by atoms with Crippen molar-refractivity contribution in [1.82, 2.24) is 5.32 Å². The van der Waals surface area contributed by atoms with Gasteiger partial charge < -0.3 is 15.7 Å². The van der Waals surface area contributed by atoms with Gasteiger partial charge in [0.05, 0.1) is 22.2 Å². The predicted octanol–water partition coefficient (Wildman–Crippen LogP) is 3.54. The van der Waals surface area contributed by atoms with Crippen molar-refractivity contribution in [3.05, 3.63) is 69.8 Å². The molecule has 2 aromatic rings. The Morgan fingerprint density at radius 1 is 1.20 bits per heavy atom. The molecule has 2 amide bonds. The molecule has 0 radical (unpaired) electrons. The highest BCUT2D eigenvalue weighted by molar-refractivity contribution is 5.91. The zero-order valence-corrected chi connectivity index (χ0v) is 13.9. The number of urea groups is 1. The number of nitrogens with one attached hydrogen (secondary N) is 2. The fourth-order valence-corrected chi connectivity index (χ4v) is 2.58. The molecule has 3 N–H and O–H groups in total. The van der Waals surface area contributed by atoms with Crippen molar-refractivity contribution in [3.63, 3.8) is 0 Å². The number of hydrogen-bond acceptors (Lipinski definition) is 4. The molecule has 25 heavy (non-hydrogen) atoms. The first-order chi connectivity index (χ1) is 12.0. The summed E-state index contributed by atoms with van der Waals surface area (Å²) in [6, 6.07) is 13.3. The Labute approximate surface area is 145 Å². The fourth-order valence-electron chi connectivity index (χ4n) is 2.58. The normalized spacial score (nSPS) is 11.6. The van der Waals surface area contributed by atoms with Crippen LogP contribution in [0, 0.1) is 17.0 Å². The van der Waals surface area contributed by atoms with Gasteiger partial charge in [-0.3, -0.25) is 10.1 Å². The summed E-state index contributed by atoms with van der Waals surface area (Å²) in [4.78, 5) is 22.9. The van der Waals surface area contributed by atoms with Crippen molar-refractivity contribution in [2.24, 2.45) is 0 Å². The average molecular weight is 343 g/mol. The minimum Gasteiger partial charge on any atom is -0.396 e. The molecule has 0 aliphatic carbocycles. The molecule has 0 saturated heterocycles. The van der Waals surface area contributed by atoms with E-state index < -0.39 is 11.0 Å². The topological polar surface area (TPSA) is 104 Å². The van der Waals surface area contributed by atoms with E-state index in [-0.39, 0.29) is 18.3 Å². The van der Waals surface area contributed by atoms with Gasteiger partial charge in [0.15, 0.2) is 0 Å². The van der Waals surface area contributed by atoms with Gasteiger partial charge in [0.2, 0.25) is 0 Å². The van der Waals surface area contributed by atoms with Gasteiger partial charge >= 0.3 is 6.03 Å². The number of nitrogens with zero attached hydrogens (tertiary/aromatic N) is 1. The summed E-state index contributed by atoms with van der Waals surface area (Å²) < 4.78 is 0. The van der Waals surface area contributed by atoms with Crippen LogP contribution < -0.4 is 10.6 Å². The fraction of sp³-hybridized carbons (Fsp3) is 0.278. The summed E-state index contributed by atoms with van der Waals surface area (Å²) in [7, 11) is 0. The van der Waals surface area contributed by atoms with Crippen molar-refractivity contribution in [1.29, 1.82) is 0 Å². The number of hydrogen-bond donors (Lipinski definition) is 3. The number of anilines is 1.